The van der Waals surface area contributed by atoms with E-state index in [0.717, 1.165) is 33.5 Å². The first kappa shape index (κ1) is 22.9. The van der Waals surface area contributed by atoms with E-state index in [4.69, 9.17) is 9.72 Å². The Morgan fingerprint density at radius 2 is 1.83 bits per heavy atom. The van der Waals surface area contributed by atoms with Gasteiger partial charge in [0.25, 0.3) is 0 Å². The number of nitrogens with zero attached hydrogens (tertiary/aromatic N) is 2. The number of rotatable bonds is 8. The topological polar surface area (TPSA) is 58.5 Å². The predicted molar refractivity (Wildman–Crippen MR) is 132 cm³/mol. The first-order chi connectivity index (χ1) is 13.8. The number of hydrogen-bond donors (Lipinski definition) is 2. The zero-order valence-corrected chi connectivity index (χ0v) is 19.4. The second-order valence-corrected chi connectivity index (χ2v) is 6.92. The van der Waals surface area contributed by atoms with Crippen molar-refractivity contribution in [2.24, 2.45) is 4.99 Å². The lowest BCUT2D eigenvalue weighted by atomic mass is 10.2. The summed E-state index contributed by atoms with van der Waals surface area (Å²) in [6.45, 7) is 5.40. The molecule has 152 valence electrons. The molecule has 0 saturated heterocycles. The Kier molecular flexibility index (Phi) is 9.66. The Labute approximate surface area is 193 Å². The van der Waals surface area contributed by atoms with Gasteiger partial charge in [-0.25, -0.2) is 4.98 Å². The summed E-state index contributed by atoms with van der Waals surface area (Å²) in [5.74, 6) is 1.56. The fourth-order valence-electron chi connectivity index (χ4n) is 2.63. The summed E-state index contributed by atoms with van der Waals surface area (Å²) < 4.78 is 5.70. The van der Waals surface area contributed by atoms with E-state index in [0.29, 0.717) is 19.7 Å². The van der Waals surface area contributed by atoms with Gasteiger partial charge >= 0.3 is 0 Å². The van der Waals surface area contributed by atoms with Crippen LogP contribution in [0.2, 0.25) is 0 Å². The Balaban J connectivity index is 0.00000300. The molecule has 0 bridgehead atoms. The van der Waals surface area contributed by atoms with Gasteiger partial charge in [0, 0.05) is 30.1 Å². The molecule has 29 heavy (non-hydrogen) atoms. The Morgan fingerprint density at radius 1 is 1.10 bits per heavy atom. The Morgan fingerprint density at radius 3 is 2.59 bits per heavy atom. The molecule has 2 aromatic carbocycles. The van der Waals surface area contributed by atoms with Crippen molar-refractivity contribution in [2.45, 2.75) is 13.1 Å². The maximum atomic E-state index is 5.70. The molecule has 3 aromatic rings. The van der Waals surface area contributed by atoms with E-state index >= 15 is 0 Å². The van der Waals surface area contributed by atoms with Crippen molar-refractivity contribution in [3.63, 3.8) is 0 Å². The molecule has 0 saturated carbocycles. The molecular weight excluding hydrogens is 495 g/mol. The number of nitrogens with one attached hydrogen (secondary N) is 2. The van der Waals surface area contributed by atoms with Crippen molar-refractivity contribution in [3.8, 4) is 17.0 Å². The van der Waals surface area contributed by atoms with E-state index < -0.39 is 0 Å². The van der Waals surface area contributed by atoms with Crippen LogP contribution in [0.3, 0.4) is 0 Å². The summed E-state index contributed by atoms with van der Waals surface area (Å²) in [6.07, 6.45) is 1.74. The lowest BCUT2D eigenvalue weighted by molar-refractivity contribution is 0.358. The number of para-hydroxylation sites is 1. The van der Waals surface area contributed by atoms with E-state index in [9.17, 15) is 0 Å². The number of thiazole rings is 1. The van der Waals surface area contributed by atoms with E-state index in [2.05, 4.69) is 39.7 Å². The Bertz CT molecular complexity index is 927. The lowest BCUT2D eigenvalue weighted by Crippen LogP contribution is -2.36. The maximum absolute atomic E-state index is 5.70. The number of guanidine groups is 1. The van der Waals surface area contributed by atoms with Crippen molar-refractivity contribution in [3.05, 3.63) is 83.2 Å². The molecule has 2 N–H and O–H groups in total. The molecule has 7 heteroatoms. The van der Waals surface area contributed by atoms with E-state index in [-0.39, 0.29) is 24.0 Å². The van der Waals surface area contributed by atoms with Crippen LogP contribution in [0.1, 0.15) is 10.6 Å². The third-order valence-corrected chi connectivity index (χ3v) is 4.88. The first-order valence-electron chi connectivity index (χ1n) is 9.06. The Hall–Kier alpha value is -2.39. The standard InChI is InChI=1S/C22H24N4OS.HI/c1-3-13-27-20-12-8-7-11-18(20)14-24-22(23-2)25-15-21-26-19(16-28-21)17-9-5-4-6-10-17;/h3-12,16H,1,13-15H2,2H3,(H2,23,24,25);1H. The largest absolute Gasteiger partial charge is 0.489 e. The number of benzene rings is 2. The molecule has 0 aliphatic carbocycles. The van der Waals surface area contributed by atoms with Gasteiger partial charge in [0.2, 0.25) is 0 Å². The smallest absolute Gasteiger partial charge is 0.191 e. The van der Waals surface area contributed by atoms with Gasteiger partial charge in [-0.15, -0.1) is 35.3 Å². The second kappa shape index (κ2) is 12.2. The van der Waals surface area contributed by atoms with Gasteiger partial charge in [0.15, 0.2) is 5.96 Å². The SMILES string of the molecule is C=CCOc1ccccc1CNC(=NC)NCc1nc(-c2ccccc2)cs1.I. The summed E-state index contributed by atoms with van der Waals surface area (Å²) in [5.41, 5.74) is 3.19. The minimum atomic E-state index is 0. The molecule has 0 radical (unpaired) electrons. The van der Waals surface area contributed by atoms with Crippen molar-refractivity contribution in [1.29, 1.82) is 0 Å². The van der Waals surface area contributed by atoms with Gasteiger partial charge in [-0.2, -0.15) is 0 Å². The van der Waals surface area contributed by atoms with Gasteiger partial charge < -0.3 is 15.4 Å². The molecule has 3 rings (SSSR count). The first-order valence-corrected chi connectivity index (χ1v) is 9.94. The molecule has 5 nitrogen and oxygen atoms in total. The normalized spacial score (nSPS) is 10.7. The number of hydrogen-bond acceptors (Lipinski definition) is 4. The van der Waals surface area contributed by atoms with Crippen molar-refractivity contribution in [2.75, 3.05) is 13.7 Å². The van der Waals surface area contributed by atoms with E-state index in [1.807, 2.05) is 42.5 Å². The summed E-state index contributed by atoms with van der Waals surface area (Å²) in [4.78, 5) is 8.99. The average Bonchev–Trinajstić information content (AvgIpc) is 3.23. The number of aliphatic imine (C=N–C) groups is 1. The number of halogens is 1. The molecule has 1 heterocycles. The fourth-order valence-corrected chi connectivity index (χ4v) is 3.37. The number of aromatic nitrogens is 1. The minimum Gasteiger partial charge on any atom is -0.489 e. The third kappa shape index (κ3) is 6.86. The minimum absolute atomic E-state index is 0. The quantitative estimate of drug-likeness (QED) is 0.193. The molecule has 0 atom stereocenters. The monoisotopic (exact) mass is 520 g/mol. The highest BCUT2D eigenvalue weighted by atomic mass is 127. The average molecular weight is 520 g/mol. The van der Waals surface area contributed by atoms with Gasteiger partial charge in [0.05, 0.1) is 12.2 Å². The van der Waals surface area contributed by atoms with Crippen molar-refractivity contribution >= 4 is 41.3 Å². The molecule has 1 aromatic heterocycles. The van der Waals surface area contributed by atoms with Crippen LogP contribution in [-0.4, -0.2) is 24.6 Å². The summed E-state index contributed by atoms with van der Waals surface area (Å²) in [5, 5.41) is 9.72. The third-order valence-electron chi connectivity index (χ3n) is 4.03. The summed E-state index contributed by atoms with van der Waals surface area (Å²) in [7, 11) is 1.76. The van der Waals surface area contributed by atoms with Crippen molar-refractivity contribution < 1.29 is 4.74 Å². The van der Waals surface area contributed by atoms with Crippen LogP contribution in [0, 0.1) is 0 Å². The van der Waals surface area contributed by atoms with Crippen LogP contribution >= 0.6 is 35.3 Å². The summed E-state index contributed by atoms with van der Waals surface area (Å²) in [6, 6.07) is 18.1. The zero-order chi connectivity index (χ0) is 19.6. The van der Waals surface area contributed by atoms with Gasteiger partial charge in [-0.3, -0.25) is 4.99 Å². The molecule has 0 aliphatic heterocycles. The highest BCUT2D eigenvalue weighted by molar-refractivity contribution is 14.0. The molecule has 0 unspecified atom stereocenters. The highest BCUT2D eigenvalue weighted by Gasteiger charge is 2.07. The van der Waals surface area contributed by atoms with Gasteiger partial charge in [0.1, 0.15) is 17.4 Å². The fraction of sp³-hybridized carbons (Fsp3) is 0.182. The predicted octanol–water partition coefficient (Wildman–Crippen LogP) is 4.86. The van der Waals surface area contributed by atoms with Gasteiger partial charge in [-0.05, 0) is 6.07 Å². The molecule has 0 fully saturated rings. The van der Waals surface area contributed by atoms with Crippen LogP contribution in [0.5, 0.6) is 5.75 Å². The second-order valence-electron chi connectivity index (χ2n) is 5.98. The summed E-state index contributed by atoms with van der Waals surface area (Å²) >= 11 is 1.64. The molecule has 0 amide bonds. The zero-order valence-electron chi connectivity index (χ0n) is 16.3. The molecular formula is C22H25IN4OS. The number of ether oxygens (including phenoxy) is 1. The van der Waals surface area contributed by atoms with Crippen LogP contribution in [0.4, 0.5) is 0 Å². The van der Waals surface area contributed by atoms with E-state index in [1.54, 1.807) is 24.5 Å². The molecule has 0 aliphatic rings. The highest BCUT2D eigenvalue weighted by Crippen LogP contribution is 2.21. The van der Waals surface area contributed by atoms with Crippen LogP contribution in [-0.2, 0) is 13.1 Å². The van der Waals surface area contributed by atoms with Crippen LogP contribution in [0.25, 0.3) is 11.3 Å². The van der Waals surface area contributed by atoms with Crippen LogP contribution < -0.4 is 15.4 Å². The van der Waals surface area contributed by atoms with Crippen LogP contribution in [0.15, 0.2) is 77.6 Å². The lowest BCUT2D eigenvalue weighted by Gasteiger charge is -2.13. The maximum Gasteiger partial charge on any atom is 0.191 e. The van der Waals surface area contributed by atoms with E-state index in [1.165, 1.54) is 0 Å². The molecule has 0 spiro atoms. The van der Waals surface area contributed by atoms with Gasteiger partial charge in [-0.1, -0.05) is 61.2 Å². The van der Waals surface area contributed by atoms with Crippen molar-refractivity contribution in [1.82, 2.24) is 15.6 Å².